The maximum Gasteiger partial charge on any atom is 0.407 e. The fraction of sp³-hybridized carbons (Fsp3) is 0.300. The molecule has 1 saturated carbocycles. The molecule has 1 unspecified atom stereocenters. The SMILES string of the molecule is NC(=O)[C@@H](Cc1c[nH]c2ccccc12)NP(=S)(OCc1ccc([N+](=O)[O-])cc1)[C@@H](NC(=O)OCC1c2ccccc2-c2ccccc21)C1CCCCC1. The van der Waals surface area contributed by atoms with Crippen LogP contribution in [0.2, 0.25) is 0 Å². The summed E-state index contributed by atoms with van der Waals surface area (Å²) in [6, 6.07) is 29.2. The van der Waals surface area contributed by atoms with Gasteiger partial charge in [0.1, 0.15) is 6.61 Å². The Hall–Kier alpha value is -4.87. The van der Waals surface area contributed by atoms with Gasteiger partial charge in [0.2, 0.25) is 5.91 Å². The minimum atomic E-state index is -3.37. The van der Waals surface area contributed by atoms with Crippen molar-refractivity contribution >= 4 is 46.8 Å². The molecule has 274 valence electrons. The Balaban J connectivity index is 1.17. The lowest BCUT2D eigenvalue weighted by Gasteiger charge is -2.40. The quantitative estimate of drug-likeness (QED) is 0.0504. The molecular weight excluding hydrogens is 710 g/mol. The topological polar surface area (TPSA) is 162 Å². The van der Waals surface area contributed by atoms with E-state index in [0.717, 1.165) is 70.8 Å². The summed E-state index contributed by atoms with van der Waals surface area (Å²) >= 11 is 6.46. The van der Waals surface area contributed by atoms with Crippen LogP contribution in [0.4, 0.5) is 10.5 Å². The van der Waals surface area contributed by atoms with Gasteiger partial charge in [0.05, 0.1) is 23.4 Å². The van der Waals surface area contributed by atoms with Gasteiger partial charge in [0.25, 0.3) is 5.69 Å². The first kappa shape index (κ1) is 36.5. The largest absolute Gasteiger partial charge is 0.449 e. The Kier molecular flexibility index (Phi) is 11.0. The summed E-state index contributed by atoms with van der Waals surface area (Å²) < 4.78 is 12.7. The standard InChI is InChI=1S/C40H42N5O6PS/c41-38(46)37(22-28-23-42-36-17-9-8-12-30(28)36)44-52(53,51-24-26-18-20-29(21-19-26)45(48)49)39(27-10-2-1-3-11-27)43-40(47)50-25-35-33-15-6-4-13-31(33)32-14-5-7-16-34(32)35/h4-9,12-21,23,27,35,37,39,42H,1-3,10-11,22,24-25H2,(H2,41,46)(H,43,47)(H,44,53)/t37-,39-,52?/m1/s1. The van der Waals surface area contributed by atoms with Gasteiger partial charge in [-0.2, -0.15) is 0 Å². The van der Waals surface area contributed by atoms with Gasteiger partial charge in [0.15, 0.2) is 6.42 Å². The second-order valence-electron chi connectivity index (χ2n) is 13.8. The smallest absolute Gasteiger partial charge is 0.407 e. The lowest BCUT2D eigenvalue weighted by molar-refractivity contribution is -0.384. The van der Waals surface area contributed by atoms with E-state index >= 15 is 0 Å². The van der Waals surface area contributed by atoms with E-state index in [0.29, 0.717) is 5.56 Å². The molecule has 2 aliphatic rings. The molecule has 7 rings (SSSR count). The minimum absolute atomic E-state index is 0.00354. The molecule has 13 heteroatoms. The van der Waals surface area contributed by atoms with Crippen LogP contribution in [0.1, 0.15) is 60.3 Å². The predicted molar refractivity (Wildman–Crippen MR) is 209 cm³/mol. The molecule has 0 radical (unpaired) electrons. The molecule has 4 aromatic carbocycles. The molecule has 0 spiro atoms. The summed E-state index contributed by atoms with van der Waals surface area (Å²) in [7, 11) is 0. The van der Waals surface area contributed by atoms with E-state index in [9.17, 15) is 19.7 Å². The first-order valence-corrected chi connectivity index (χ1v) is 20.7. The van der Waals surface area contributed by atoms with Gasteiger partial charge in [-0.05, 0) is 88.6 Å². The number of alkyl carbamates (subject to hydrolysis) is 1. The first-order valence-electron chi connectivity index (χ1n) is 17.9. The highest BCUT2D eigenvalue weighted by atomic mass is 32.4. The number of hydrogen-bond donors (Lipinski definition) is 4. The highest BCUT2D eigenvalue weighted by Gasteiger charge is 2.41. The van der Waals surface area contributed by atoms with E-state index in [1.165, 1.54) is 12.1 Å². The number of aromatic nitrogens is 1. The van der Waals surface area contributed by atoms with Crippen LogP contribution in [-0.2, 0) is 38.9 Å². The van der Waals surface area contributed by atoms with E-state index in [2.05, 4.69) is 39.7 Å². The number of nitrogens with two attached hydrogens (primary N) is 1. The van der Waals surface area contributed by atoms with Gasteiger partial charge in [-0.3, -0.25) is 20.0 Å². The number of carbonyl (C=O) groups excluding carboxylic acids is 2. The molecule has 53 heavy (non-hydrogen) atoms. The third-order valence-corrected chi connectivity index (χ3v) is 14.2. The molecule has 5 aromatic rings. The number of H-pyrrole nitrogens is 1. The van der Waals surface area contributed by atoms with Crippen molar-refractivity contribution in [3.63, 3.8) is 0 Å². The number of carbonyl (C=O) groups is 2. The number of nitrogens with one attached hydrogen (secondary N) is 3. The van der Waals surface area contributed by atoms with Gasteiger partial charge in [-0.25, -0.2) is 4.79 Å². The number of aromatic amines is 1. The zero-order valence-corrected chi connectivity index (χ0v) is 30.8. The summed E-state index contributed by atoms with van der Waals surface area (Å²) in [6.07, 6.45) is 2.70. The van der Waals surface area contributed by atoms with Crippen LogP contribution in [0.25, 0.3) is 22.0 Å². The number of nitro benzene ring substituents is 1. The van der Waals surface area contributed by atoms with E-state index in [4.69, 9.17) is 26.8 Å². The van der Waals surface area contributed by atoms with E-state index in [-0.39, 0.29) is 37.2 Å². The number of rotatable bonds is 14. The molecule has 0 bridgehead atoms. The third-order valence-electron chi connectivity index (χ3n) is 10.4. The zero-order chi connectivity index (χ0) is 37.0. The summed E-state index contributed by atoms with van der Waals surface area (Å²) in [5.74, 6) is -1.49. The Morgan fingerprint density at radius 3 is 2.23 bits per heavy atom. The Morgan fingerprint density at radius 2 is 1.57 bits per heavy atom. The molecule has 3 atom stereocenters. The highest BCUT2D eigenvalue weighted by Crippen LogP contribution is 2.54. The monoisotopic (exact) mass is 751 g/mol. The van der Waals surface area contributed by atoms with Crippen molar-refractivity contribution in [2.75, 3.05) is 6.61 Å². The van der Waals surface area contributed by atoms with Crippen LogP contribution in [0.5, 0.6) is 0 Å². The molecule has 5 N–H and O–H groups in total. The number of benzene rings is 4. The van der Waals surface area contributed by atoms with Gasteiger partial charge < -0.3 is 25.3 Å². The highest BCUT2D eigenvalue weighted by molar-refractivity contribution is 8.11. The summed E-state index contributed by atoms with van der Waals surface area (Å²) in [6.45, 7) is 0.123. The number of ether oxygens (including phenoxy) is 1. The number of primary amides is 1. The minimum Gasteiger partial charge on any atom is -0.449 e. The normalized spacial score (nSPS) is 16.6. The summed E-state index contributed by atoms with van der Waals surface area (Å²) in [5, 5.41) is 18.8. The molecule has 0 aliphatic heterocycles. The van der Waals surface area contributed by atoms with Crippen molar-refractivity contribution in [1.82, 2.24) is 15.4 Å². The zero-order valence-electron chi connectivity index (χ0n) is 29.1. The fourth-order valence-corrected chi connectivity index (χ4v) is 11.5. The average molecular weight is 752 g/mol. The second-order valence-corrected chi connectivity index (χ2v) is 17.6. The first-order chi connectivity index (χ1) is 25.7. The van der Waals surface area contributed by atoms with Gasteiger partial charge >= 0.3 is 6.09 Å². The third kappa shape index (κ3) is 8.06. The lowest BCUT2D eigenvalue weighted by atomic mass is 9.89. The molecule has 0 saturated heterocycles. The average Bonchev–Trinajstić information content (AvgIpc) is 3.74. The molecule has 11 nitrogen and oxygen atoms in total. The van der Waals surface area contributed by atoms with E-state index < -0.39 is 35.2 Å². The van der Waals surface area contributed by atoms with Crippen LogP contribution >= 0.6 is 6.42 Å². The number of fused-ring (bicyclic) bond motifs is 4. The Bertz CT molecular complexity index is 2120. The number of para-hydroxylation sites is 1. The van der Waals surface area contributed by atoms with E-state index in [1.54, 1.807) is 12.1 Å². The van der Waals surface area contributed by atoms with Crippen molar-refractivity contribution < 1.29 is 23.8 Å². The molecule has 2 amide bonds. The number of non-ortho nitro benzene ring substituents is 1. The molecule has 2 aliphatic carbocycles. The number of hydrogen-bond acceptors (Lipinski definition) is 7. The van der Waals surface area contributed by atoms with Gasteiger partial charge in [-0.1, -0.05) is 86.0 Å². The summed E-state index contributed by atoms with van der Waals surface area (Å²) in [4.78, 5) is 41.2. The van der Waals surface area contributed by atoms with Crippen molar-refractivity contribution in [3.8, 4) is 11.1 Å². The van der Waals surface area contributed by atoms with Crippen LogP contribution in [0, 0.1) is 16.0 Å². The van der Waals surface area contributed by atoms with Crippen molar-refractivity contribution in [3.05, 3.63) is 136 Å². The predicted octanol–water partition coefficient (Wildman–Crippen LogP) is 8.03. The van der Waals surface area contributed by atoms with E-state index in [1.807, 2.05) is 54.7 Å². The maximum atomic E-state index is 13.9. The molecular formula is C40H42N5O6PS. The number of nitrogens with zero attached hydrogens (tertiary/aromatic N) is 1. The van der Waals surface area contributed by atoms with Crippen LogP contribution < -0.4 is 16.1 Å². The lowest BCUT2D eigenvalue weighted by Crippen LogP contribution is -2.49. The van der Waals surface area contributed by atoms with Crippen molar-refractivity contribution in [2.45, 2.75) is 62.9 Å². The maximum absolute atomic E-state index is 13.9. The van der Waals surface area contributed by atoms with Crippen LogP contribution in [0.3, 0.4) is 0 Å². The fourth-order valence-electron chi connectivity index (χ4n) is 7.72. The molecule has 1 fully saturated rings. The van der Waals surface area contributed by atoms with Crippen molar-refractivity contribution in [2.24, 2.45) is 11.7 Å². The second kappa shape index (κ2) is 16.0. The van der Waals surface area contributed by atoms with Crippen LogP contribution in [-0.4, -0.2) is 40.3 Å². The Labute approximate surface area is 312 Å². The van der Waals surface area contributed by atoms with Gasteiger partial charge in [-0.15, -0.1) is 0 Å². The summed E-state index contributed by atoms with van der Waals surface area (Å²) in [5.41, 5.74) is 12.9. The number of nitro groups is 1. The molecule has 1 heterocycles. The molecule has 1 aromatic heterocycles. The van der Waals surface area contributed by atoms with Gasteiger partial charge in [0, 0.05) is 35.2 Å². The van der Waals surface area contributed by atoms with Crippen molar-refractivity contribution in [1.29, 1.82) is 0 Å². The Morgan fingerprint density at radius 1 is 0.925 bits per heavy atom. The van der Waals surface area contributed by atoms with Crippen LogP contribution in [0.15, 0.2) is 103 Å². The number of amides is 2.